The van der Waals surface area contributed by atoms with Crippen molar-refractivity contribution in [2.24, 2.45) is 7.05 Å². The summed E-state index contributed by atoms with van der Waals surface area (Å²) in [6.07, 6.45) is 1.63. The molecule has 0 fully saturated rings. The van der Waals surface area contributed by atoms with Crippen molar-refractivity contribution in [3.05, 3.63) is 39.9 Å². The summed E-state index contributed by atoms with van der Waals surface area (Å²) >= 11 is 3.08. The number of hydrogen-bond donors (Lipinski definition) is 1. The summed E-state index contributed by atoms with van der Waals surface area (Å²) in [5, 5.41) is 7.48. The fourth-order valence-electron chi connectivity index (χ4n) is 1.40. The number of anilines is 1. The minimum atomic E-state index is -0.621. The summed E-state index contributed by atoms with van der Waals surface area (Å²) in [7, 11) is 1.70. The van der Waals surface area contributed by atoms with Crippen LogP contribution in [0.4, 0.5) is 10.1 Å². The third kappa shape index (κ3) is 3.08. The van der Waals surface area contributed by atoms with Gasteiger partial charge in [0.05, 0.1) is 17.4 Å². The lowest BCUT2D eigenvalue weighted by Gasteiger charge is -2.06. The maximum atomic E-state index is 13.1. The Morgan fingerprint density at radius 1 is 1.58 bits per heavy atom. The molecule has 19 heavy (non-hydrogen) atoms. The van der Waals surface area contributed by atoms with Crippen molar-refractivity contribution < 1.29 is 13.9 Å². The molecule has 2 aromatic rings. The highest BCUT2D eigenvalue weighted by atomic mass is 79.9. The molecule has 0 radical (unpaired) electrons. The number of ether oxygens (including phenoxy) is 1. The number of aromatic nitrogens is 3. The van der Waals surface area contributed by atoms with Gasteiger partial charge in [-0.25, -0.2) is 9.18 Å². The highest BCUT2D eigenvalue weighted by Crippen LogP contribution is 2.23. The molecule has 2 rings (SSSR count). The Balaban J connectivity index is 2.10. The Morgan fingerprint density at radius 3 is 2.95 bits per heavy atom. The number of nitrogen functional groups attached to an aromatic ring is 1. The molecule has 0 saturated carbocycles. The molecule has 8 heteroatoms. The van der Waals surface area contributed by atoms with E-state index in [1.165, 1.54) is 10.7 Å². The molecule has 100 valence electrons. The van der Waals surface area contributed by atoms with E-state index in [-0.39, 0.29) is 22.3 Å². The maximum absolute atomic E-state index is 13.1. The van der Waals surface area contributed by atoms with Gasteiger partial charge in [0.15, 0.2) is 0 Å². The predicted molar refractivity (Wildman–Crippen MR) is 68.6 cm³/mol. The lowest BCUT2D eigenvalue weighted by Crippen LogP contribution is -2.08. The zero-order chi connectivity index (χ0) is 14.0. The van der Waals surface area contributed by atoms with Crippen LogP contribution in [0, 0.1) is 5.82 Å². The summed E-state index contributed by atoms with van der Waals surface area (Å²) in [4.78, 5) is 11.8. The van der Waals surface area contributed by atoms with E-state index in [4.69, 9.17) is 10.5 Å². The smallest absolute Gasteiger partial charge is 0.339 e. The van der Waals surface area contributed by atoms with Crippen LogP contribution in [0.5, 0.6) is 0 Å². The van der Waals surface area contributed by atoms with E-state index in [9.17, 15) is 9.18 Å². The number of halogens is 2. The minimum Gasteiger partial charge on any atom is -0.455 e. The maximum Gasteiger partial charge on any atom is 0.339 e. The Kier molecular flexibility index (Phi) is 3.79. The highest BCUT2D eigenvalue weighted by molar-refractivity contribution is 9.10. The summed E-state index contributed by atoms with van der Waals surface area (Å²) in [5.41, 5.74) is 5.96. The zero-order valence-electron chi connectivity index (χ0n) is 9.93. The molecule has 6 nitrogen and oxygen atoms in total. The van der Waals surface area contributed by atoms with Crippen LogP contribution < -0.4 is 5.73 Å². The molecule has 0 amide bonds. The van der Waals surface area contributed by atoms with Crippen LogP contribution in [-0.2, 0) is 18.4 Å². The van der Waals surface area contributed by atoms with Gasteiger partial charge in [0, 0.05) is 11.5 Å². The monoisotopic (exact) mass is 328 g/mol. The summed E-state index contributed by atoms with van der Waals surface area (Å²) in [6.45, 7) is -0.0175. The molecule has 1 aromatic carbocycles. The molecular formula is C11H10BrFN4O2. The molecule has 2 N–H and O–H groups in total. The molecule has 0 unspecified atom stereocenters. The number of esters is 1. The Hall–Kier alpha value is -1.96. The number of hydrogen-bond acceptors (Lipinski definition) is 5. The van der Waals surface area contributed by atoms with Gasteiger partial charge in [-0.2, -0.15) is 0 Å². The first-order valence-electron chi connectivity index (χ1n) is 5.24. The van der Waals surface area contributed by atoms with Crippen molar-refractivity contribution in [3.8, 4) is 0 Å². The van der Waals surface area contributed by atoms with Crippen molar-refractivity contribution >= 4 is 27.6 Å². The first-order chi connectivity index (χ1) is 8.97. The second-order valence-corrected chi connectivity index (χ2v) is 4.67. The summed E-state index contributed by atoms with van der Waals surface area (Å²) in [6, 6.07) is 2.34. The number of nitrogens with zero attached hydrogens (tertiary/aromatic N) is 3. The van der Waals surface area contributed by atoms with Crippen molar-refractivity contribution in [1.29, 1.82) is 0 Å². The van der Waals surface area contributed by atoms with Gasteiger partial charge in [-0.1, -0.05) is 5.21 Å². The molecule has 0 aliphatic carbocycles. The van der Waals surface area contributed by atoms with E-state index < -0.39 is 11.8 Å². The largest absolute Gasteiger partial charge is 0.455 e. The number of carbonyl (C=O) groups excluding carboxylic acids is 1. The lowest BCUT2D eigenvalue weighted by molar-refractivity contribution is 0.0466. The molecule has 1 heterocycles. The Morgan fingerprint density at radius 2 is 2.32 bits per heavy atom. The quantitative estimate of drug-likeness (QED) is 0.684. The molecular weight excluding hydrogens is 319 g/mol. The molecule has 0 spiro atoms. The van der Waals surface area contributed by atoms with E-state index in [2.05, 4.69) is 26.2 Å². The molecule has 0 bridgehead atoms. The second kappa shape index (κ2) is 5.35. The van der Waals surface area contributed by atoms with Gasteiger partial charge in [0.25, 0.3) is 0 Å². The van der Waals surface area contributed by atoms with Gasteiger partial charge in [-0.15, -0.1) is 5.10 Å². The normalized spacial score (nSPS) is 10.5. The van der Waals surface area contributed by atoms with E-state index in [0.717, 1.165) is 6.07 Å². The van der Waals surface area contributed by atoms with E-state index in [1.54, 1.807) is 13.2 Å². The zero-order valence-corrected chi connectivity index (χ0v) is 11.5. The van der Waals surface area contributed by atoms with Crippen LogP contribution in [0.2, 0.25) is 0 Å². The van der Waals surface area contributed by atoms with Gasteiger partial charge in [-0.05, 0) is 28.1 Å². The van der Waals surface area contributed by atoms with Gasteiger partial charge >= 0.3 is 5.97 Å². The first kappa shape index (κ1) is 13.5. The number of rotatable bonds is 3. The highest BCUT2D eigenvalue weighted by Gasteiger charge is 2.15. The standard InChI is InChI=1S/C11H10BrFN4O2/c1-17-4-6(15-16-17)5-19-11(18)7-2-10(14)9(13)3-8(7)12/h2-4H,5,14H2,1H3. The molecule has 0 aliphatic heterocycles. The molecule has 0 saturated heterocycles. The number of nitrogens with two attached hydrogens (primary N) is 1. The minimum absolute atomic E-state index is 0.0175. The van der Waals surface area contributed by atoms with Crippen LogP contribution in [0.3, 0.4) is 0 Å². The molecule has 0 atom stereocenters. The van der Waals surface area contributed by atoms with Crippen molar-refractivity contribution in [2.75, 3.05) is 5.73 Å². The number of aryl methyl sites for hydroxylation is 1. The fraction of sp³-hybridized carbons (Fsp3) is 0.182. The number of carbonyl (C=O) groups is 1. The third-order valence-corrected chi connectivity index (χ3v) is 2.96. The summed E-state index contributed by atoms with van der Waals surface area (Å²) in [5.74, 6) is -1.22. The Labute approximate surface area is 116 Å². The lowest BCUT2D eigenvalue weighted by atomic mass is 10.2. The van der Waals surface area contributed by atoms with Crippen LogP contribution >= 0.6 is 15.9 Å². The van der Waals surface area contributed by atoms with Crippen molar-refractivity contribution in [3.63, 3.8) is 0 Å². The average Bonchev–Trinajstić information content (AvgIpc) is 2.77. The van der Waals surface area contributed by atoms with E-state index in [1.807, 2.05) is 0 Å². The first-order valence-corrected chi connectivity index (χ1v) is 6.03. The SMILES string of the molecule is Cn1cc(COC(=O)c2cc(N)c(F)cc2Br)nn1. The van der Waals surface area contributed by atoms with Crippen LogP contribution in [0.25, 0.3) is 0 Å². The second-order valence-electron chi connectivity index (χ2n) is 3.81. The van der Waals surface area contributed by atoms with Crippen molar-refractivity contribution in [2.45, 2.75) is 6.61 Å². The molecule has 1 aromatic heterocycles. The average molecular weight is 329 g/mol. The Bertz CT molecular complexity index is 629. The van der Waals surface area contributed by atoms with Crippen molar-refractivity contribution in [1.82, 2.24) is 15.0 Å². The van der Waals surface area contributed by atoms with Gasteiger partial charge in [0.1, 0.15) is 18.1 Å². The van der Waals surface area contributed by atoms with Crippen LogP contribution in [0.15, 0.2) is 22.8 Å². The van der Waals surface area contributed by atoms with E-state index >= 15 is 0 Å². The third-order valence-electron chi connectivity index (χ3n) is 2.31. The number of benzene rings is 1. The van der Waals surface area contributed by atoms with Gasteiger partial charge in [-0.3, -0.25) is 4.68 Å². The summed E-state index contributed by atoms with van der Waals surface area (Å²) < 4.78 is 20.0. The van der Waals surface area contributed by atoms with Crippen LogP contribution in [-0.4, -0.2) is 21.0 Å². The fourth-order valence-corrected chi connectivity index (χ4v) is 1.88. The topological polar surface area (TPSA) is 83.0 Å². The van der Waals surface area contributed by atoms with Gasteiger partial charge < -0.3 is 10.5 Å². The van der Waals surface area contributed by atoms with Gasteiger partial charge in [0.2, 0.25) is 0 Å². The predicted octanol–water partition coefficient (Wildman–Crippen LogP) is 1.66. The van der Waals surface area contributed by atoms with Crippen LogP contribution in [0.1, 0.15) is 16.1 Å². The molecule has 0 aliphatic rings. The van der Waals surface area contributed by atoms with E-state index in [0.29, 0.717) is 5.69 Å².